The van der Waals surface area contributed by atoms with Gasteiger partial charge in [-0.25, -0.2) is 0 Å². The van der Waals surface area contributed by atoms with E-state index in [2.05, 4.69) is 16.5 Å². The first-order valence-corrected chi connectivity index (χ1v) is 8.66. The van der Waals surface area contributed by atoms with Crippen LogP contribution in [0.15, 0.2) is 12.3 Å². The minimum atomic E-state index is -0.478. The van der Waals surface area contributed by atoms with Crippen molar-refractivity contribution in [3.05, 3.63) is 18.0 Å². The van der Waals surface area contributed by atoms with E-state index in [1.54, 1.807) is 4.90 Å². The summed E-state index contributed by atoms with van der Waals surface area (Å²) in [6, 6.07) is 1.58. The van der Waals surface area contributed by atoms with Crippen LogP contribution < -0.4 is 5.32 Å². The van der Waals surface area contributed by atoms with Gasteiger partial charge in [-0.1, -0.05) is 0 Å². The van der Waals surface area contributed by atoms with Crippen LogP contribution in [-0.4, -0.2) is 45.0 Å². The molecule has 1 aromatic rings. The van der Waals surface area contributed by atoms with Crippen LogP contribution in [0.4, 0.5) is 0 Å². The third kappa shape index (κ3) is 2.52. The van der Waals surface area contributed by atoms with Crippen molar-refractivity contribution >= 4 is 17.7 Å². The van der Waals surface area contributed by atoms with E-state index in [-0.39, 0.29) is 29.6 Å². The molecule has 3 heterocycles. The Hall–Kier alpha value is -2.18. The highest BCUT2D eigenvalue weighted by Gasteiger charge is 2.48. The Bertz CT molecular complexity index is 698. The van der Waals surface area contributed by atoms with Gasteiger partial charge in [0.2, 0.25) is 17.7 Å². The highest BCUT2D eigenvalue weighted by molar-refractivity contribution is 6.02. The van der Waals surface area contributed by atoms with Crippen molar-refractivity contribution in [2.24, 2.45) is 18.9 Å². The van der Waals surface area contributed by atoms with Crippen LogP contribution in [0.5, 0.6) is 0 Å². The van der Waals surface area contributed by atoms with Gasteiger partial charge in [0, 0.05) is 38.0 Å². The second-order valence-electron chi connectivity index (χ2n) is 7.25. The lowest BCUT2D eigenvalue weighted by atomic mass is 9.74. The second-order valence-corrected chi connectivity index (χ2v) is 7.25. The van der Waals surface area contributed by atoms with Crippen molar-refractivity contribution in [2.75, 3.05) is 6.54 Å². The topological polar surface area (TPSA) is 84.3 Å². The predicted molar refractivity (Wildman–Crippen MR) is 84.7 cm³/mol. The zero-order chi connectivity index (χ0) is 16.8. The van der Waals surface area contributed by atoms with Gasteiger partial charge in [-0.2, -0.15) is 5.10 Å². The van der Waals surface area contributed by atoms with Crippen LogP contribution in [0.1, 0.15) is 43.7 Å². The Kier molecular flexibility index (Phi) is 3.66. The number of nitrogens with one attached hydrogen (secondary N) is 1. The summed E-state index contributed by atoms with van der Waals surface area (Å²) in [7, 11) is 1.92. The molecule has 4 atom stereocenters. The lowest BCUT2D eigenvalue weighted by Gasteiger charge is -2.29. The molecule has 3 fully saturated rings. The number of aromatic nitrogens is 2. The molecule has 1 saturated carbocycles. The Morgan fingerprint density at radius 2 is 2.04 bits per heavy atom. The van der Waals surface area contributed by atoms with Gasteiger partial charge in [-0.3, -0.25) is 24.4 Å². The molecule has 0 aromatic carbocycles. The molecule has 3 amide bonds. The van der Waals surface area contributed by atoms with Crippen LogP contribution in [0.3, 0.4) is 0 Å². The second kappa shape index (κ2) is 5.72. The van der Waals surface area contributed by atoms with Gasteiger partial charge in [0.1, 0.15) is 6.04 Å². The largest absolute Gasteiger partial charge is 0.330 e. The van der Waals surface area contributed by atoms with Crippen molar-refractivity contribution in [2.45, 2.75) is 44.1 Å². The summed E-state index contributed by atoms with van der Waals surface area (Å²) in [5.74, 6) is 0.227. The summed E-state index contributed by atoms with van der Waals surface area (Å²) in [4.78, 5) is 37.9. The van der Waals surface area contributed by atoms with Gasteiger partial charge < -0.3 is 4.90 Å². The highest BCUT2D eigenvalue weighted by Crippen LogP contribution is 2.44. The zero-order valence-electron chi connectivity index (χ0n) is 13.8. The maximum Gasteiger partial charge on any atom is 0.249 e. The third-order valence-corrected chi connectivity index (χ3v) is 5.75. The molecular formula is C17H22N4O3. The van der Waals surface area contributed by atoms with Crippen molar-refractivity contribution in [1.29, 1.82) is 0 Å². The number of nitrogens with zero attached hydrogens (tertiary/aromatic N) is 3. The zero-order valence-corrected chi connectivity index (χ0v) is 13.8. The van der Waals surface area contributed by atoms with Crippen LogP contribution in [0.25, 0.3) is 0 Å². The third-order valence-electron chi connectivity index (χ3n) is 5.75. The van der Waals surface area contributed by atoms with Gasteiger partial charge in [0.15, 0.2) is 0 Å². The maximum absolute atomic E-state index is 12.8. The first-order chi connectivity index (χ1) is 11.5. The molecule has 0 bridgehead atoms. The SMILES string of the molecule is Cn1ccc(C2CCC3C(=O)N(C4CCC(=O)NC4=O)CC3C2)n1. The number of carbonyl (C=O) groups is 3. The molecule has 24 heavy (non-hydrogen) atoms. The number of carbonyl (C=O) groups excluding carboxylic acids is 3. The van der Waals surface area contributed by atoms with Crippen molar-refractivity contribution in [3.63, 3.8) is 0 Å². The molecule has 4 unspecified atom stereocenters. The van der Waals surface area contributed by atoms with Gasteiger partial charge in [0.25, 0.3) is 0 Å². The monoisotopic (exact) mass is 330 g/mol. The lowest BCUT2D eigenvalue weighted by Crippen LogP contribution is -2.53. The summed E-state index contributed by atoms with van der Waals surface area (Å²) >= 11 is 0. The van der Waals surface area contributed by atoms with Crippen molar-refractivity contribution < 1.29 is 14.4 Å². The molecule has 2 aliphatic heterocycles. The molecule has 7 heteroatoms. The number of hydrogen-bond donors (Lipinski definition) is 1. The number of piperidine rings is 1. The van der Waals surface area contributed by atoms with Gasteiger partial charge in [-0.15, -0.1) is 0 Å². The first-order valence-electron chi connectivity index (χ1n) is 8.66. The van der Waals surface area contributed by atoms with Crippen LogP contribution in [0, 0.1) is 11.8 Å². The van der Waals surface area contributed by atoms with Crippen LogP contribution in [0.2, 0.25) is 0 Å². The number of aryl methyl sites for hydroxylation is 1. The smallest absolute Gasteiger partial charge is 0.249 e. The summed E-state index contributed by atoms with van der Waals surface area (Å²) in [5, 5.41) is 6.87. The quantitative estimate of drug-likeness (QED) is 0.804. The Morgan fingerprint density at radius 3 is 2.75 bits per heavy atom. The molecule has 7 nitrogen and oxygen atoms in total. The summed E-state index contributed by atoms with van der Waals surface area (Å²) in [6.07, 6.45) is 5.47. The molecular weight excluding hydrogens is 308 g/mol. The normalized spacial score (nSPS) is 33.5. The molecule has 1 aromatic heterocycles. The number of rotatable bonds is 2. The van der Waals surface area contributed by atoms with E-state index in [1.165, 1.54) is 0 Å². The number of likely N-dealkylation sites (tertiary alicyclic amines) is 1. The van der Waals surface area contributed by atoms with E-state index >= 15 is 0 Å². The molecule has 3 aliphatic rings. The van der Waals surface area contributed by atoms with Crippen LogP contribution in [-0.2, 0) is 21.4 Å². The Balaban J connectivity index is 1.48. The first kappa shape index (κ1) is 15.4. The predicted octanol–water partition coefficient (Wildman–Crippen LogP) is 0.567. The maximum atomic E-state index is 12.8. The Labute approximate surface area is 140 Å². The van der Waals surface area contributed by atoms with Gasteiger partial charge in [-0.05, 0) is 37.7 Å². The number of fused-ring (bicyclic) bond motifs is 1. The average Bonchev–Trinajstić information content (AvgIpc) is 3.11. The van der Waals surface area contributed by atoms with E-state index in [1.807, 2.05) is 17.9 Å². The van der Waals surface area contributed by atoms with E-state index in [9.17, 15) is 14.4 Å². The standard InChI is InChI=1S/C17H22N4O3/c1-20-7-6-13(19-20)10-2-3-12-11(8-10)9-21(17(12)24)14-4-5-15(22)18-16(14)23/h6-7,10-12,14H,2-5,8-9H2,1H3,(H,18,22,23). The van der Waals surface area contributed by atoms with Crippen molar-refractivity contribution in [1.82, 2.24) is 20.0 Å². The van der Waals surface area contributed by atoms with Crippen molar-refractivity contribution in [3.8, 4) is 0 Å². The number of imide groups is 1. The molecule has 1 aliphatic carbocycles. The number of hydrogen-bond acceptors (Lipinski definition) is 4. The van der Waals surface area contributed by atoms with E-state index in [0.717, 1.165) is 25.0 Å². The fourth-order valence-electron chi connectivity index (χ4n) is 4.53. The minimum Gasteiger partial charge on any atom is -0.330 e. The summed E-state index contributed by atoms with van der Waals surface area (Å²) in [6.45, 7) is 0.624. The van der Waals surface area contributed by atoms with E-state index in [0.29, 0.717) is 25.3 Å². The molecule has 0 spiro atoms. The fraction of sp³-hybridized carbons (Fsp3) is 0.647. The minimum absolute atomic E-state index is 0.0235. The molecule has 128 valence electrons. The molecule has 1 N–H and O–H groups in total. The molecule has 4 rings (SSSR count). The lowest BCUT2D eigenvalue weighted by molar-refractivity contribution is -0.144. The molecule has 0 radical (unpaired) electrons. The molecule has 2 saturated heterocycles. The van der Waals surface area contributed by atoms with E-state index < -0.39 is 6.04 Å². The van der Waals surface area contributed by atoms with E-state index in [4.69, 9.17) is 0 Å². The van der Waals surface area contributed by atoms with Gasteiger partial charge in [0.05, 0.1) is 5.69 Å². The summed E-state index contributed by atoms with van der Waals surface area (Å²) < 4.78 is 1.82. The average molecular weight is 330 g/mol. The van der Waals surface area contributed by atoms with Gasteiger partial charge >= 0.3 is 0 Å². The number of amides is 3. The van der Waals surface area contributed by atoms with Crippen LogP contribution >= 0.6 is 0 Å². The Morgan fingerprint density at radius 1 is 1.21 bits per heavy atom. The highest BCUT2D eigenvalue weighted by atomic mass is 16.2. The fourth-order valence-corrected chi connectivity index (χ4v) is 4.53. The summed E-state index contributed by atoms with van der Waals surface area (Å²) in [5.41, 5.74) is 1.10.